The Bertz CT molecular complexity index is 2280. The average molecular weight is 588 g/mol. The molecule has 6 heteroatoms. The fraction of sp³-hybridized carbons (Fsp3) is 0.179. The lowest BCUT2D eigenvalue weighted by Gasteiger charge is -2.21. The molecule has 2 aliphatic rings. The first-order chi connectivity index (χ1) is 21.8. The van der Waals surface area contributed by atoms with Gasteiger partial charge in [0.15, 0.2) is 17.5 Å². The number of imidazole rings is 1. The molecule has 0 saturated carbocycles. The van der Waals surface area contributed by atoms with Crippen molar-refractivity contribution in [2.45, 2.75) is 32.1 Å². The van der Waals surface area contributed by atoms with E-state index in [1.165, 1.54) is 22.3 Å². The van der Waals surface area contributed by atoms with Gasteiger partial charge in [0.25, 0.3) is 0 Å². The second-order valence-corrected chi connectivity index (χ2v) is 12.5. The number of aryl methyl sites for hydroxylation is 2. The van der Waals surface area contributed by atoms with Crippen LogP contribution >= 0.6 is 0 Å². The van der Waals surface area contributed by atoms with Crippen LogP contribution in [-0.4, -0.2) is 24.1 Å². The molecular formula is C39H33N5O. The number of allylic oxidation sites excluding steroid dienone is 4. The van der Waals surface area contributed by atoms with Gasteiger partial charge in [0.2, 0.25) is 0 Å². The summed E-state index contributed by atoms with van der Waals surface area (Å²) in [4.78, 5) is 27.7. The first kappa shape index (κ1) is 27.2. The highest BCUT2D eigenvalue weighted by Gasteiger charge is 2.37. The molecule has 0 saturated heterocycles. The molecule has 0 N–H and O–H groups in total. The van der Waals surface area contributed by atoms with Crippen LogP contribution < -0.4 is 5.69 Å². The van der Waals surface area contributed by atoms with Crippen LogP contribution in [0.3, 0.4) is 0 Å². The standard InChI is InChI=1S/C39H33N5O/c1-39(2)30-15-9-8-13-28(30)34-29(14-10-16-31(34)39)37-41-35(25-11-6-5-7-12-25)40-36(42-37)26-19-17-24(18-20-26)27-21-22-32-33(23-27)44(4)38(45)43(32)3/h6,8-23H,5,7H2,1-4H3. The quantitative estimate of drug-likeness (QED) is 0.209. The molecule has 0 amide bonds. The normalized spacial score (nSPS) is 14.8. The van der Waals surface area contributed by atoms with E-state index in [1.807, 2.05) is 13.1 Å². The number of benzene rings is 4. The SMILES string of the molecule is Cn1c(=O)n(C)c2cc(-c3ccc(-c4nc(C5=CCCC=C5)nc(-c5cccc6c5-c5ccccc5C6(C)C)n4)cc3)ccc21. The Labute approximate surface area is 262 Å². The monoisotopic (exact) mass is 587 g/mol. The van der Waals surface area contributed by atoms with Crippen LogP contribution in [0, 0.1) is 0 Å². The van der Waals surface area contributed by atoms with Gasteiger partial charge in [-0.3, -0.25) is 9.13 Å². The maximum absolute atomic E-state index is 12.5. The number of nitrogens with zero attached hydrogens (tertiary/aromatic N) is 5. The van der Waals surface area contributed by atoms with Gasteiger partial charge in [0.05, 0.1) is 11.0 Å². The van der Waals surface area contributed by atoms with Gasteiger partial charge in [-0.15, -0.1) is 0 Å². The first-order valence-electron chi connectivity index (χ1n) is 15.4. The lowest BCUT2D eigenvalue weighted by molar-refractivity contribution is 0.660. The second kappa shape index (κ2) is 10.1. The zero-order valence-corrected chi connectivity index (χ0v) is 25.9. The van der Waals surface area contributed by atoms with E-state index in [1.54, 1.807) is 16.2 Å². The number of hydrogen-bond acceptors (Lipinski definition) is 4. The van der Waals surface area contributed by atoms with Crippen LogP contribution in [0.1, 0.15) is 43.6 Å². The van der Waals surface area contributed by atoms with Crippen molar-refractivity contribution in [2.24, 2.45) is 14.1 Å². The zero-order valence-electron chi connectivity index (χ0n) is 25.9. The van der Waals surface area contributed by atoms with E-state index in [9.17, 15) is 4.79 Å². The molecule has 8 rings (SSSR count). The van der Waals surface area contributed by atoms with Crippen molar-refractivity contribution in [3.63, 3.8) is 0 Å². The van der Waals surface area contributed by atoms with Crippen molar-refractivity contribution in [2.75, 3.05) is 0 Å². The van der Waals surface area contributed by atoms with E-state index in [-0.39, 0.29) is 11.1 Å². The van der Waals surface area contributed by atoms with Crippen LogP contribution in [-0.2, 0) is 19.5 Å². The second-order valence-electron chi connectivity index (χ2n) is 12.5. The van der Waals surface area contributed by atoms with E-state index >= 15 is 0 Å². The molecule has 6 nitrogen and oxygen atoms in total. The van der Waals surface area contributed by atoms with Crippen LogP contribution in [0.5, 0.6) is 0 Å². The summed E-state index contributed by atoms with van der Waals surface area (Å²) < 4.78 is 3.37. The highest BCUT2D eigenvalue weighted by Crippen LogP contribution is 2.51. The topological polar surface area (TPSA) is 65.6 Å². The summed E-state index contributed by atoms with van der Waals surface area (Å²) in [7, 11) is 3.62. The molecule has 2 aromatic heterocycles. The molecule has 2 heterocycles. The summed E-state index contributed by atoms with van der Waals surface area (Å²) in [5, 5.41) is 0. The summed E-state index contributed by atoms with van der Waals surface area (Å²) >= 11 is 0. The minimum Gasteiger partial charge on any atom is -0.295 e. The molecule has 0 unspecified atom stereocenters. The molecule has 220 valence electrons. The van der Waals surface area contributed by atoms with Crippen molar-refractivity contribution in [1.82, 2.24) is 24.1 Å². The van der Waals surface area contributed by atoms with Crippen molar-refractivity contribution in [3.05, 3.63) is 131 Å². The molecular weight excluding hydrogens is 554 g/mol. The molecule has 6 aromatic rings. The number of aromatic nitrogens is 5. The zero-order chi connectivity index (χ0) is 30.9. The summed E-state index contributed by atoms with van der Waals surface area (Å²) in [6.07, 6.45) is 8.52. The average Bonchev–Trinajstić information content (AvgIpc) is 3.46. The Morgan fingerprint density at radius 3 is 2.11 bits per heavy atom. The third kappa shape index (κ3) is 4.24. The molecule has 4 aromatic carbocycles. The fourth-order valence-corrected chi connectivity index (χ4v) is 6.97. The predicted octanol–water partition coefficient (Wildman–Crippen LogP) is 8.10. The Balaban J connectivity index is 1.26. The van der Waals surface area contributed by atoms with Gasteiger partial charge in [0, 0.05) is 36.2 Å². The molecule has 0 bridgehead atoms. The number of fused-ring (bicyclic) bond motifs is 4. The summed E-state index contributed by atoms with van der Waals surface area (Å²) in [6, 6.07) is 29.7. The maximum Gasteiger partial charge on any atom is 0.328 e. The van der Waals surface area contributed by atoms with Gasteiger partial charge in [-0.05, 0) is 58.4 Å². The van der Waals surface area contributed by atoms with E-state index in [2.05, 4.69) is 111 Å². The predicted molar refractivity (Wildman–Crippen MR) is 182 cm³/mol. The fourth-order valence-electron chi connectivity index (χ4n) is 6.97. The first-order valence-corrected chi connectivity index (χ1v) is 15.4. The Morgan fingerprint density at radius 1 is 0.644 bits per heavy atom. The molecule has 0 spiro atoms. The maximum atomic E-state index is 12.5. The van der Waals surface area contributed by atoms with Crippen LogP contribution in [0.25, 0.3) is 61.6 Å². The van der Waals surface area contributed by atoms with E-state index in [4.69, 9.17) is 15.0 Å². The van der Waals surface area contributed by atoms with Gasteiger partial charge < -0.3 is 0 Å². The molecule has 0 atom stereocenters. The summed E-state index contributed by atoms with van der Waals surface area (Å²) in [5.74, 6) is 2.01. The van der Waals surface area contributed by atoms with Gasteiger partial charge in [-0.25, -0.2) is 19.7 Å². The minimum absolute atomic E-state index is 0.0296. The number of hydrogen-bond donors (Lipinski definition) is 0. The Kier molecular flexibility index (Phi) is 6.10. The Hall–Kier alpha value is -5.36. The molecule has 0 fully saturated rings. The molecule has 0 radical (unpaired) electrons. The molecule has 45 heavy (non-hydrogen) atoms. The highest BCUT2D eigenvalue weighted by atomic mass is 16.1. The lowest BCUT2D eigenvalue weighted by atomic mass is 9.82. The van der Waals surface area contributed by atoms with Gasteiger partial charge in [0.1, 0.15) is 0 Å². The van der Waals surface area contributed by atoms with Crippen molar-refractivity contribution in [3.8, 4) is 45.0 Å². The summed E-state index contributed by atoms with van der Waals surface area (Å²) in [6.45, 7) is 4.58. The van der Waals surface area contributed by atoms with Crippen LogP contribution in [0.15, 0.2) is 108 Å². The van der Waals surface area contributed by atoms with E-state index in [0.29, 0.717) is 17.5 Å². The van der Waals surface area contributed by atoms with Crippen molar-refractivity contribution >= 4 is 16.6 Å². The smallest absolute Gasteiger partial charge is 0.295 e. The largest absolute Gasteiger partial charge is 0.328 e. The lowest BCUT2D eigenvalue weighted by Crippen LogP contribution is -2.19. The number of rotatable bonds is 4. The minimum atomic E-state index is -0.111. The van der Waals surface area contributed by atoms with E-state index in [0.717, 1.165) is 51.7 Å². The van der Waals surface area contributed by atoms with Gasteiger partial charge in [-0.2, -0.15) is 0 Å². The van der Waals surface area contributed by atoms with Crippen LogP contribution in [0.2, 0.25) is 0 Å². The van der Waals surface area contributed by atoms with Crippen molar-refractivity contribution in [1.29, 1.82) is 0 Å². The van der Waals surface area contributed by atoms with Gasteiger partial charge in [-0.1, -0.05) is 105 Å². The molecule has 2 aliphatic carbocycles. The van der Waals surface area contributed by atoms with Crippen LogP contribution in [0.4, 0.5) is 0 Å². The Morgan fingerprint density at radius 2 is 1.31 bits per heavy atom. The van der Waals surface area contributed by atoms with Gasteiger partial charge >= 0.3 is 5.69 Å². The third-order valence-corrected chi connectivity index (χ3v) is 9.49. The third-order valence-electron chi connectivity index (χ3n) is 9.49. The highest BCUT2D eigenvalue weighted by molar-refractivity contribution is 5.91. The van der Waals surface area contributed by atoms with Crippen molar-refractivity contribution < 1.29 is 0 Å². The summed E-state index contributed by atoms with van der Waals surface area (Å²) in [5.41, 5.74) is 11.8. The molecule has 0 aliphatic heterocycles. The van der Waals surface area contributed by atoms with E-state index < -0.39 is 0 Å².